The predicted molar refractivity (Wildman–Crippen MR) is 79.9 cm³/mol. The number of hydrogen-bond donors (Lipinski definition) is 0. The first-order valence-corrected chi connectivity index (χ1v) is 7.00. The molecular formula is C13H13BrClFN2O2. The Balaban J connectivity index is 2.72. The SMILES string of the molecule is COC(C)(C)C(F)n1cnc2ccc(Br)c(Cl)c2c1=O. The van der Waals surface area contributed by atoms with Crippen LogP contribution < -0.4 is 5.56 Å². The third-order valence-electron chi connectivity index (χ3n) is 3.19. The smallest absolute Gasteiger partial charge is 0.265 e. The number of aromatic nitrogens is 2. The van der Waals surface area contributed by atoms with Gasteiger partial charge in [-0.15, -0.1) is 0 Å². The van der Waals surface area contributed by atoms with Gasteiger partial charge in [-0.25, -0.2) is 9.37 Å². The minimum Gasteiger partial charge on any atom is -0.374 e. The largest absolute Gasteiger partial charge is 0.374 e. The lowest BCUT2D eigenvalue weighted by atomic mass is 10.1. The van der Waals surface area contributed by atoms with Gasteiger partial charge in [0.15, 0.2) is 0 Å². The van der Waals surface area contributed by atoms with E-state index < -0.39 is 17.5 Å². The van der Waals surface area contributed by atoms with E-state index in [1.807, 2.05) is 0 Å². The summed E-state index contributed by atoms with van der Waals surface area (Å²) in [5, 5.41) is 0.398. The number of methoxy groups -OCH3 is 1. The average molecular weight is 364 g/mol. The lowest BCUT2D eigenvalue weighted by Gasteiger charge is -2.28. The molecule has 1 unspecified atom stereocenters. The van der Waals surface area contributed by atoms with E-state index in [1.54, 1.807) is 26.0 Å². The molecule has 0 N–H and O–H groups in total. The molecule has 4 nitrogen and oxygen atoms in total. The Labute approximate surface area is 128 Å². The van der Waals surface area contributed by atoms with Gasteiger partial charge in [-0.2, -0.15) is 0 Å². The van der Waals surface area contributed by atoms with Crippen molar-refractivity contribution in [1.82, 2.24) is 9.55 Å². The summed E-state index contributed by atoms with van der Waals surface area (Å²) in [6.07, 6.45) is -0.507. The lowest BCUT2D eigenvalue weighted by molar-refractivity contribution is -0.0740. The Hall–Kier alpha value is -0.980. The summed E-state index contributed by atoms with van der Waals surface area (Å²) in [5.41, 5.74) is -1.28. The molecule has 0 amide bonds. The quantitative estimate of drug-likeness (QED) is 0.835. The molecule has 1 atom stereocenters. The summed E-state index contributed by atoms with van der Waals surface area (Å²) in [6, 6.07) is 3.33. The second-order valence-electron chi connectivity index (χ2n) is 4.86. The normalized spacial score (nSPS) is 13.7. The molecule has 108 valence electrons. The second kappa shape index (κ2) is 5.42. The van der Waals surface area contributed by atoms with Gasteiger partial charge in [0.2, 0.25) is 6.30 Å². The van der Waals surface area contributed by atoms with E-state index in [1.165, 1.54) is 13.4 Å². The summed E-state index contributed by atoms with van der Waals surface area (Å²) in [4.78, 5) is 16.5. The Morgan fingerprint density at radius 3 is 2.75 bits per heavy atom. The number of ether oxygens (including phenoxy) is 1. The molecule has 0 fully saturated rings. The zero-order valence-electron chi connectivity index (χ0n) is 11.2. The van der Waals surface area contributed by atoms with Crippen LogP contribution in [0.1, 0.15) is 20.1 Å². The third-order valence-corrected chi connectivity index (χ3v) is 4.47. The molecule has 1 aromatic carbocycles. The Bertz CT molecular complexity index is 717. The van der Waals surface area contributed by atoms with Crippen molar-refractivity contribution in [3.05, 3.63) is 38.3 Å². The summed E-state index contributed by atoms with van der Waals surface area (Å²) < 4.78 is 21.0. The summed E-state index contributed by atoms with van der Waals surface area (Å²) in [5.74, 6) is 0. The number of halogens is 3. The van der Waals surface area contributed by atoms with Gasteiger partial charge in [-0.1, -0.05) is 11.6 Å². The van der Waals surface area contributed by atoms with Crippen LogP contribution in [0.25, 0.3) is 10.9 Å². The van der Waals surface area contributed by atoms with Gasteiger partial charge in [-0.05, 0) is 41.9 Å². The Kier molecular flexibility index (Phi) is 4.18. The second-order valence-corrected chi connectivity index (χ2v) is 6.09. The van der Waals surface area contributed by atoms with Crippen LogP contribution >= 0.6 is 27.5 Å². The molecule has 0 radical (unpaired) electrons. The minimum atomic E-state index is -1.67. The first kappa shape index (κ1) is 15.4. The highest BCUT2D eigenvalue weighted by Crippen LogP contribution is 2.30. The highest BCUT2D eigenvalue weighted by Gasteiger charge is 2.32. The maximum Gasteiger partial charge on any atom is 0.265 e. The predicted octanol–water partition coefficient (Wildman–Crippen LogP) is 3.71. The van der Waals surface area contributed by atoms with Gasteiger partial charge in [-0.3, -0.25) is 9.36 Å². The van der Waals surface area contributed by atoms with Crippen LogP contribution in [0.5, 0.6) is 0 Å². The van der Waals surface area contributed by atoms with E-state index in [0.29, 0.717) is 9.99 Å². The van der Waals surface area contributed by atoms with E-state index >= 15 is 0 Å². The molecular weight excluding hydrogens is 351 g/mol. The topological polar surface area (TPSA) is 44.1 Å². The first-order chi connectivity index (χ1) is 9.29. The molecule has 0 saturated carbocycles. The van der Waals surface area contributed by atoms with Crippen LogP contribution in [0.15, 0.2) is 27.7 Å². The monoisotopic (exact) mass is 362 g/mol. The number of rotatable bonds is 3. The summed E-state index contributed by atoms with van der Waals surface area (Å²) in [7, 11) is 1.38. The van der Waals surface area contributed by atoms with Crippen LogP contribution in [0.4, 0.5) is 4.39 Å². The van der Waals surface area contributed by atoms with Gasteiger partial charge < -0.3 is 4.74 Å². The molecule has 0 aliphatic heterocycles. The standard InChI is InChI=1S/C13H13BrClFN2O2/c1-13(2,20-3)12(16)18-6-17-8-5-4-7(14)10(15)9(8)11(18)19/h4-6,12H,1-3H3. The number of hydrogen-bond acceptors (Lipinski definition) is 3. The third kappa shape index (κ3) is 2.47. The van der Waals surface area contributed by atoms with Crippen LogP contribution in [0, 0.1) is 0 Å². The fourth-order valence-electron chi connectivity index (χ4n) is 1.75. The molecule has 0 aliphatic rings. The molecule has 1 heterocycles. The van der Waals surface area contributed by atoms with Gasteiger partial charge in [0.05, 0.1) is 15.9 Å². The molecule has 0 spiro atoms. The van der Waals surface area contributed by atoms with Crippen molar-refractivity contribution in [2.45, 2.75) is 25.7 Å². The maximum atomic E-state index is 14.5. The Morgan fingerprint density at radius 2 is 2.15 bits per heavy atom. The van der Waals surface area contributed by atoms with Gasteiger partial charge in [0.25, 0.3) is 5.56 Å². The van der Waals surface area contributed by atoms with Crippen molar-refractivity contribution in [1.29, 1.82) is 0 Å². The van der Waals surface area contributed by atoms with Gasteiger partial charge in [0, 0.05) is 11.6 Å². The van der Waals surface area contributed by atoms with E-state index in [-0.39, 0.29) is 10.4 Å². The van der Waals surface area contributed by atoms with Crippen molar-refractivity contribution in [3.8, 4) is 0 Å². The Morgan fingerprint density at radius 1 is 1.50 bits per heavy atom. The zero-order chi connectivity index (χ0) is 15.1. The van der Waals surface area contributed by atoms with E-state index in [0.717, 1.165) is 4.57 Å². The number of fused-ring (bicyclic) bond motifs is 1. The van der Waals surface area contributed by atoms with Crippen LogP contribution in [0.2, 0.25) is 5.02 Å². The van der Waals surface area contributed by atoms with Crippen molar-refractivity contribution in [2.24, 2.45) is 0 Å². The van der Waals surface area contributed by atoms with Crippen molar-refractivity contribution in [2.75, 3.05) is 7.11 Å². The van der Waals surface area contributed by atoms with Crippen molar-refractivity contribution < 1.29 is 9.13 Å². The maximum absolute atomic E-state index is 14.5. The molecule has 0 bridgehead atoms. The minimum absolute atomic E-state index is 0.179. The molecule has 7 heteroatoms. The molecule has 0 saturated heterocycles. The highest BCUT2D eigenvalue weighted by molar-refractivity contribution is 9.10. The molecule has 2 aromatic rings. The van der Waals surface area contributed by atoms with Crippen molar-refractivity contribution >= 4 is 38.4 Å². The molecule has 0 aliphatic carbocycles. The fraction of sp³-hybridized carbons (Fsp3) is 0.385. The van der Waals surface area contributed by atoms with Crippen LogP contribution in [0.3, 0.4) is 0 Å². The van der Waals surface area contributed by atoms with Gasteiger partial charge in [0.1, 0.15) is 11.9 Å². The fourth-order valence-corrected chi connectivity index (χ4v) is 2.32. The number of nitrogens with zero attached hydrogens (tertiary/aromatic N) is 2. The van der Waals surface area contributed by atoms with Crippen molar-refractivity contribution in [3.63, 3.8) is 0 Å². The summed E-state index contributed by atoms with van der Waals surface area (Å²) in [6.45, 7) is 3.10. The zero-order valence-corrected chi connectivity index (χ0v) is 13.5. The van der Waals surface area contributed by atoms with Crippen LogP contribution in [-0.2, 0) is 4.74 Å². The lowest BCUT2D eigenvalue weighted by Crippen LogP contribution is -2.38. The average Bonchev–Trinajstić information content (AvgIpc) is 2.42. The van der Waals surface area contributed by atoms with Crippen LogP contribution in [-0.4, -0.2) is 22.3 Å². The highest BCUT2D eigenvalue weighted by atomic mass is 79.9. The molecule has 1 aromatic heterocycles. The molecule has 2 rings (SSSR count). The van der Waals surface area contributed by atoms with E-state index in [2.05, 4.69) is 20.9 Å². The summed E-state index contributed by atoms with van der Waals surface area (Å²) >= 11 is 9.34. The molecule has 20 heavy (non-hydrogen) atoms. The first-order valence-electron chi connectivity index (χ1n) is 5.83. The van der Waals surface area contributed by atoms with E-state index in [9.17, 15) is 9.18 Å². The van der Waals surface area contributed by atoms with Gasteiger partial charge >= 0.3 is 0 Å². The number of benzene rings is 1. The van der Waals surface area contributed by atoms with E-state index in [4.69, 9.17) is 16.3 Å². The number of alkyl halides is 1.